The lowest BCUT2D eigenvalue weighted by Crippen LogP contribution is -1.98. The molecule has 1 fully saturated rings. The summed E-state index contributed by atoms with van der Waals surface area (Å²) in [6.45, 7) is 2.29. The van der Waals surface area contributed by atoms with Gasteiger partial charge >= 0.3 is 5.97 Å². The van der Waals surface area contributed by atoms with E-state index in [0.717, 1.165) is 51.4 Å². The van der Waals surface area contributed by atoms with Crippen LogP contribution in [-0.2, 0) is 14.3 Å². The molecule has 4 heteroatoms. The molecule has 0 bridgehead atoms. The van der Waals surface area contributed by atoms with Crippen LogP contribution >= 0.6 is 0 Å². The fourth-order valence-corrected chi connectivity index (χ4v) is 2.66. The molecule has 0 radical (unpaired) electrons. The van der Waals surface area contributed by atoms with Crippen molar-refractivity contribution in [2.24, 2.45) is 5.92 Å². The molecule has 1 unspecified atom stereocenters. The Balaban J connectivity index is 0.000000504. The molecule has 1 aliphatic carbocycles. The number of aliphatic hydroxyl groups excluding tert-OH is 1. The van der Waals surface area contributed by atoms with Crippen LogP contribution < -0.4 is 0 Å². The van der Waals surface area contributed by atoms with E-state index in [1.165, 1.54) is 20.0 Å². The van der Waals surface area contributed by atoms with Crippen molar-refractivity contribution in [2.75, 3.05) is 13.7 Å². The number of ketones is 1. The van der Waals surface area contributed by atoms with Crippen LogP contribution in [0.5, 0.6) is 0 Å². The highest BCUT2D eigenvalue weighted by Crippen LogP contribution is 2.23. The van der Waals surface area contributed by atoms with Crippen LogP contribution in [0.2, 0.25) is 0 Å². The van der Waals surface area contributed by atoms with Crippen LogP contribution in [0.1, 0.15) is 77.6 Å². The molecule has 0 saturated heterocycles. The quantitative estimate of drug-likeness (QED) is 0.331. The van der Waals surface area contributed by atoms with Crippen molar-refractivity contribution < 1.29 is 19.4 Å². The fourth-order valence-electron chi connectivity index (χ4n) is 2.66. The van der Waals surface area contributed by atoms with E-state index in [9.17, 15) is 9.59 Å². The maximum Gasteiger partial charge on any atom is 0.305 e. The lowest BCUT2D eigenvalue weighted by molar-refractivity contribution is -0.140. The molecular weight excluding hydrogens is 316 g/mol. The Bertz CT molecular complexity index is 399. The van der Waals surface area contributed by atoms with Gasteiger partial charge in [-0.3, -0.25) is 9.59 Å². The van der Waals surface area contributed by atoms with Gasteiger partial charge in [-0.2, -0.15) is 0 Å². The SMILES string of the molecule is C/C=C\CCCC(=O)OC.O=C1CCC(/C=C/CCCCCCO)C1. The van der Waals surface area contributed by atoms with Gasteiger partial charge in [0, 0.05) is 25.9 Å². The number of esters is 1. The van der Waals surface area contributed by atoms with Crippen molar-refractivity contribution >= 4 is 11.8 Å². The second kappa shape index (κ2) is 17.4. The lowest BCUT2D eigenvalue weighted by atomic mass is 10.1. The molecule has 25 heavy (non-hydrogen) atoms. The van der Waals surface area contributed by atoms with E-state index < -0.39 is 0 Å². The number of carbonyl (C=O) groups is 2. The summed E-state index contributed by atoms with van der Waals surface area (Å²) in [6.07, 6.45) is 19.0. The molecule has 0 aromatic heterocycles. The van der Waals surface area contributed by atoms with E-state index in [1.807, 2.05) is 19.1 Å². The summed E-state index contributed by atoms with van der Waals surface area (Å²) >= 11 is 0. The largest absolute Gasteiger partial charge is 0.469 e. The molecular formula is C21H36O4. The highest BCUT2D eigenvalue weighted by Gasteiger charge is 2.18. The number of allylic oxidation sites excluding steroid dienone is 4. The molecule has 1 atom stereocenters. The summed E-state index contributed by atoms with van der Waals surface area (Å²) in [5, 5.41) is 8.59. The number of Topliss-reactive ketones (excluding diaryl/α,β-unsaturated/α-hetero) is 1. The van der Waals surface area contributed by atoms with Gasteiger partial charge in [-0.05, 0) is 51.4 Å². The van der Waals surface area contributed by atoms with Crippen LogP contribution in [0.15, 0.2) is 24.3 Å². The Morgan fingerprint density at radius 1 is 1.16 bits per heavy atom. The van der Waals surface area contributed by atoms with Gasteiger partial charge in [0.25, 0.3) is 0 Å². The van der Waals surface area contributed by atoms with Crippen molar-refractivity contribution in [3.05, 3.63) is 24.3 Å². The first-order valence-electron chi connectivity index (χ1n) is 9.61. The summed E-state index contributed by atoms with van der Waals surface area (Å²) in [6, 6.07) is 0. The van der Waals surface area contributed by atoms with Crippen molar-refractivity contribution in [1.29, 1.82) is 0 Å². The van der Waals surface area contributed by atoms with Crippen molar-refractivity contribution in [3.8, 4) is 0 Å². The van der Waals surface area contributed by atoms with Crippen LogP contribution in [0.3, 0.4) is 0 Å². The highest BCUT2D eigenvalue weighted by molar-refractivity contribution is 5.80. The van der Waals surface area contributed by atoms with E-state index in [0.29, 0.717) is 24.7 Å². The maximum absolute atomic E-state index is 11.0. The minimum absolute atomic E-state index is 0.121. The zero-order valence-corrected chi connectivity index (χ0v) is 16.0. The van der Waals surface area contributed by atoms with E-state index >= 15 is 0 Å². The van der Waals surface area contributed by atoms with Gasteiger partial charge in [-0.1, -0.05) is 37.1 Å². The number of ether oxygens (including phenoxy) is 1. The fraction of sp³-hybridized carbons (Fsp3) is 0.714. The van der Waals surface area contributed by atoms with Gasteiger partial charge in [0.2, 0.25) is 0 Å². The zero-order chi connectivity index (χ0) is 18.8. The van der Waals surface area contributed by atoms with E-state index in [2.05, 4.69) is 16.9 Å². The van der Waals surface area contributed by atoms with Crippen LogP contribution in [-0.4, -0.2) is 30.6 Å². The average Bonchev–Trinajstić information content (AvgIpc) is 3.03. The van der Waals surface area contributed by atoms with Gasteiger partial charge in [-0.25, -0.2) is 0 Å². The van der Waals surface area contributed by atoms with E-state index in [1.54, 1.807) is 0 Å². The number of rotatable bonds is 11. The molecule has 0 heterocycles. The predicted octanol–water partition coefficient (Wildman–Crippen LogP) is 4.76. The number of carbonyl (C=O) groups excluding carboxylic acids is 2. The summed E-state index contributed by atoms with van der Waals surface area (Å²) in [5.41, 5.74) is 0. The molecule has 0 spiro atoms. The van der Waals surface area contributed by atoms with Crippen LogP contribution in [0.25, 0.3) is 0 Å². The molecule has 144 valence electrons. The van der Waals surface area contributed by atoms with Crippen LogP contribution in [0.4, 0.5) is 0 Å². The first-order chi connectivity index (χ1) is 12.1. The Kier molecular flexibility index (Phi) is 16.4. The third kappa shape index (κ3) is 15.8. The Labute approximate surface area is 153 Å². The molecule has 0 aliphatic heterocycles. The van der Waals surface area contributed by atoms with Gasteiger partial charge in [-0.15, -0.1) is 0 Å². The molecule has 1 rings (SSSR count). The summed E-state index contributed by atoms with van der Waals surface area (Å²) in [5.74, 6) is 0.826. The Hall–Kier alpha value is -1.42. The summed E-state index contributed by atoms with van der Waals surface area (Å²) in [4.78, 5) is 21.5. The summed E-state index contributed by atoms with van der Waals surface area (Å²) in [7, 11) is 1.41. The van der Waals surface area contributed by atoms with E-state index in [-0.39, 0.29) is 5.97 Å². The van der Waals surface area contributed by atoms with Gasteiger partial charge in [0.1, 0.15) is 5.78 Å². The van der Waals surface area contributed by atoms with E-state index in [4.69, 9.17) is 5.11 Å². The third-order valence-corrected chi connectivity index (χ3v) is 4.19. The number of methoxy groups -OCH3 is 1. The third-order valence-electron chi connectivity index (χ3n) is 4.19. The minimum Gasteiger partial charge on any atom is -0.469 e. The lowest BCUT2D eigenvalue weighted by Gasteiger charge is -1.99. The minimum atomic E-state index is -0.121. The molecule has 1 saturated carbocycles. The normalized spacial score (nSPS) is 17.1. The highest BCUT2D eigenvalue weighted by atomic mass is 16.5. The van der Waals surface area contributed by atoms with Gasteiger partial charge < -0.3 is 9.84 Å². The first kappa shape index (κ1) is 23.6. The number of hydrogen-bond donors (Lipinski definition) is 1. The van der Waals surface area contributed by atoms with Crippen molar-refractivity contribution in [1.82, 2.24) is 0 Å². The van der Waals surface area contributed by atoms with Gasteiger partial charge in [0.15, 0.2) is 0 Å². The van der Waals surface area contributed by atoms with Crippen molar-refractivity contribution in [3.63, 3.8) is 0 Å². The summed E-state index contributed by atoms with van der Waals surface area (Å²) < 4.78 is 4.47. The second-order valence-electron chi connectivity index (χ2n) is 6.43. The van der Waals surface area contributed by atoms with Gasteiger partial charge in [0.05, 0.1) is 7.11 Å². The molecule has 0 aromatic rings. The average molecular weight is 353 g/mol. The molecule has 1 N–H and O–H groups in total. The molecule has 1 aliphatic rings. The zero-order valence-electron chi connectivity index (χ0n) is 16.0. The topological polar surface area (TPSA) is 63.6 Å². The molecule has 0 amide bonds. The Morgan fingerprint density at radius 2 is 1.88 bits per heavy atom. The Morgan fingerprint density at radius 3 is 2.48 bits per heavy atom. The number of hydrogen-bond acceptors (Lipinski definition) is 4. The first-order valence-corrected chi connectivity index (χ1v) is 9.61. The van der Waals surface area contributed by atoms with Crippen LogP contribution in [0, 0.1) is 5.92 Å². The predicted molar refractivity (Wildman–Crippen MR) is 102 cm³/mol. The molecule has 0 aromatic carbocycles. The molecule has 4 nitrogen and oxygen atoms in total. The smallest absolute Gasteiger partial charge is 0.305 e. The number of unbranched alkanes of at least 4 members (excludes halogenated alkanes) is 5. The van der Waals surface area contributed by atoms with Crippen molar-refractivity contribution in [2.45, 2.75) is 77.6 Å². The second-order valence-corrected chi connectivity index (χ2v) is 6.43. The number of aliphatic hydroxyl groups is 1. The maximum atomic E-state index is 11.0. The standard InChI is InChI=1S/C13H22O2.C8H14O2/c14-10-6-4-2-1-3-5-7-12-8-9-13(15)11-12;1-3-4-5-6-7-8(9)10-2/h5,7,12,14H,1-4,6,8-11H2;3-4H,5-7H2,1-2H3/b7-5+;4-3-. The monoisotopic (exact) mass is 352 g/mol.